The molecule has 0 saturated carbocycles. The lowest BCUT2D eigenvalue weighted by Crippen LogP contribution is -2.30. The monoisotopic (exact) mass is 308 g/mol. The zero-order valence-corrected chi connectivity index (χ0v) is 12.2. The lowest BCUT2D eigenvalue weighted by molar-refractivity contribution is -0.128. The van der Waals surface area contributed by atoms with Crippen molar-refractivity contribution >= 4 is 28.6 Å². The van der Waals surface area contributed by atoms with Gasteiger partial charge in [0.25, 0.3) is 0 Å². The number of carbonyl (C=O) groups excluding carboxylic acids is 1. The minimum atomic E-state index is -1.55. The molecule has 1 aromatic carbocycles. The summed E-state index contributed by atoms with van der Waals surface area (Å²) in [7, 11) is 0. The summed E-state index contributed by atoms with van der Waals surface area (Å²) in [6, 6.07) is 5.34. The highest BCUT2D eigenvalue weighted by atomic mass is 32.2. The number of hydrogen-bond donors (Lipinski definition) is 2. The van der Waals surface area contributed by atoms with Gasteiger partial charge >= 0.3 is 0 Å². The van der Waals surface area contributed by atoms with Crippen molar-refractivity contribution in [2.75, 3.05) is 24.4 Å². The molecule has 0 radical (unpaired) electrons. The van der Waals surface area contributed by atoms with Crippen molar-refractivity contribution in [2.24, 2.45) is 10.1 Å². The molecule has 2 heterocycles. The molecule has 0 aromatic heterocycles. The molecule has 1 fully saturated rings. The third-order valence-corrected chi connectivity index (χ3v) is 4.21. The molecule has 0 aliphatic carbocycles. The first-order chi connectivity index (χ1) is 10.1. The maximum atomic E-state index is 11.5. The van der Waals surface area contributed by atoms with Crippen LogP contribution in [-0.2, 0) is 16.0 Å². The van der Waals surface area contributed by atoms with E-state index in [4.69, 9.17) is 10.5 Å². The van der Waals surface area contributed by atoms with E-state index in [1.54, 1.807) is 23.1 Å². The molecule has 1 amide bonds. The maximum Gasteiger partial charge on any atom is 0.245 e. The Morgan fingerprint density at radius 2 is 2.33 bits per heavy atom. The predicted molar refractivity (Wildman–Crippen MR) is 80.2 cm³/mol. The van der Waals surface area contributed by atoms with Gasteiger partial charge in [0.1, 0.15) is 18.2 Å². The van der Waals surface area contributed by atoms with E-state index in [0.29, 0.717) is 36.6 Å². The van der Waals surface area contributed by atoms with Gasteiger partial charge in [-0.2, -0.15) is 4.40 Å². The molecule has 1 aromatic rings. The number of nitrogens with two attached hydrogens (primary N) is 1. The number of ether oxygens (including phenoxy) is 1. The predicted octanol–water partition coefficient (Wildman–Crippen LogP) is 0.397. The zero-order valence-electron chi connectivity index (χ0n) is 11.4. The van der Waals surface area contributed by atoms with Crippen LogP contribution in [0.2, 0.25) is 0 Å². The normalized spacial score (nSPS) is 20.8. The Bertz CT molecular complexity index is 632. The average molecular weight is 308 g/mol. The van der Waals surface area contributed by atoms with Gasteiger partial charge in [0.05, 0.1) is 17.8 Å². The van der Waals surface area contributed by atoms with Gasteiger partial charge in [0.2, 0.25) is 17.1 Å². The Kier molecular flexibility index (Phi) is 3.78. The third kappa shape index (κ3) is 2.85. The van der Waals surface area contributed by atoms with Crippen molar-refractivity contribution in [3.63, 3.8) is 0 Å². The van der Waals surface area contributed by atoms with E-state index >= 15 is 0 Å². The second kappa shape index (κ2) is 5.72. The molecule has 3 N–H and O–H groups in total. The topological polar surface area (TPSA) is 97.0 Å². The molecule has 1 saturated heterocycles. The molecule has 2 aliphatic rings. The number of benzene rings is 1. The summed E-state index contributed by atoms with van der Waals surface area (Å²) < 4.78 is 23.7. The number of hydrogen-bond acceptors (Lipinski definition) is 4. The second-order valence-corrected chi connectivity index (χ2v) is 5.72. The van der Waals surface area contributed by atoms with E-state index in [2.05, 4.69) is 9.12 Å². The number of likely N-dealkylation sites (tertiary alicyclic amines) is 1. The highest BCUT2D eigenvalue weighted by Gasteiger charge is 2.22. The number of rotatable bonds is 4. The third-order valence-electron chi connectivity index (χ3n) is 3.45. The first-order valence-electron chi connectivity index (χ1n) is 6.72. The van der Waals surface area contributed by atoms with Crippen molar-refractivity contribution in [1.29, 1.82) is 0 Å². The molecular formula is C13H16N4O3S. The van der Waals surface area contributed by atoms with Crippen LogP contribution in [0.15, 0.2) is 22.6 Å². The number of amides is 1. The second-order valence-electron chi connectivity index (χ2n) is 4.84. The fraction of sp³-hybridized carbons (Fsp3) is 0.385. The molecule has 1 atom stereocenters. The molecule has 8 heteroatoms. The van der Waals surface area contributed by atoms with Gasteiger partial charge in [0, 0.05) is 13.0 Å². The summed E-state index contributed by atoms with van der Waals surface area (Å²) in [5.74, 6) is 0.936. The van der Waals surface area contributed by atoms with Crippen LogP contribution in [0.4, 0.5) is 5.69 Å². The van der Waals surface area contributed by atoms with E-state index < -0.39 is 11.2 Å². The number of anilines is 1. The Labute approximate surface area is 124 Å². The van der Waals surface area contributed by atoms with Crippen LogP contribution in [0.3, 0.4) is 0 Å². The van der Waals surface area contributed by atoms with Crippen molar-refractivity contribution < 1.29 is 13.7 Å². The molecular weight excluding hydrogens is 292 g/mol. The average Bonchev–Trinajstić information content (AvgIpc) is 2.84. The Balaban J connectivity index is 1.70. The minimum absolute atomic E-state index is 0.173. The first kappa shape index (κ1) is 13.9. The van der Waals surface area contributed by atoms with E-state index in [9.17, 15) is 9.00 Å². The summed E-state index contributed by atoms with van der Waals surface area (Å²) in [5, 5.41) is 0. The van der Waals surface area contributed by atoms with Crippen molar-refractivity contribution in [3.05, 3.63) is 23.8 Å². The summed E-state index contributed by atoms with van der Waals surface area (Å²) >= 11 is -1.55. The quantitative estimate of drug-likeness (QED) is 0.841. The van der Waals surface area contributed by atoms with Gasteiger partial charge in [-0.1, -0.05) is 6.07 Å². The van der Waals surface area contributed by atoms with Gasteiger partial charge in [-0.25, -0.2) is 4.21 Å². The lowest BCUT2D eigenvalue weighted by atomic mass is 10.1. The van der Waals surface area contributed by atoms with E-state index in [-0.39, 0.29) is 11.7 Å². The SMILES string of the molecule is NC1=NS(=O)Nc2cccc(OCCN3CCCC3=O)c21. The van der Waals surface area contributed by atoms with Crippen LogP contribution in [0.1, 0.15) is 18.4 Å². The van der Waals surface area contributed by atoms with Crippen LogP contribution in [0.25, 0.3) is 0 Å². The van der Waals surface area contributed by atoms with Crippen molar-refractivity contribution in [1.82, 2.24) is 4.90 Å². The highest BCUT2D eigenvalue weighted by Crippen LogP contribution is 2.29. The smallest absolute Gasteiger partial charge is 0.245 e. The molecule has 7 nitrogen and oxygen atoms in total. The molecule has 0 spiro atoms. The van der Waals surface area contributed by atoms with Crippen LogP contribution in [0.5, 0.6) is 5.75 Å². The number of nitrogens with zero attached hydrogens (tertiary/aromatic N) is 2. The Morgan fingerprint density at radius 3 is 3.10 bits per heavy atom. The fourth-order valence-electron chi connectivity index (χ4n) is 2.46. The van der Waals surface area contributed by atoms with Crippen LogP contribution < -0.4 is 15.2 Å². The molecule has 3 rings (SSSR count). The number of fused-ring (bicyclic) bond motifs is 1. The van der Waals surface area contributed by atoms with Gasteiger partial charge in [-0.15, -0.1) is 0 Å². The fourth-order valence-corrected chi connectivity index (χ4v) is 3.13. The van der Waals surface area contributed by atoms with Crippen molar-refractivity contribution in [3.8, 4) is 5.75 Å². The first-order valence-corrected chi connectivity index (χ1v) is 7.82. The summed E-state index contributed by atoms with van der Waals surface area (Å²) in [5.41, 5.74) is 7.08. The maximum absolute atomic E-state index is 11.5. The minimum Gasteiger partial charge on any atom is -0.491 e. The lowest BCUT2D eigenvalue weighted by Gasteiger charge is -2.20. The zero-order chi connectivity index (χ0) is 14.8. The van der Waals surface area contributed by atoms with Gasteiger partial charge < -0.3 is 15.4 Å². The Morgan fingerprint density at radius 1 is 1.48 bits per heavy atom. The number of nitrogens with one attached hydrogen (secondary N) is 1. The molecule has 2 aliphatic heterocycles. The van der Waals surface area contributed by atoms with Crippen LogP contribution >= 0.6 is 0 Å². The van der Waals surface area contributed by atoms with Crippen LogP contribution in [0, 0.1) is 0 Å². The van der Waals surface area contributed by atoms with E-state index in [0.717, 1.165) is 13.0 Å². The molecule has 1 unspecified atom stereocenters. The van der Waals surface area contributed by atoms with Crippen LogP contribution in [-0.4, -0.2) is 40.5 Å². The molecule has 112 valence electrons. The summed E-state index contributed by atoms with van der Waals surface area (Å²) in [4.78, 5) is 13.3. The summed E-state index contributed by atoms with van der Waals surface area (Å²) in [6.45, 7) is 1.73. The Hall–Kier alpha value is -2.09. The number of amidine groups is 1. The summed E-state index contributed by atoms with van der Waals surface area (Å²) in [6.07, 6.45) is 1.53. The molecule has 0 bridgehead atoms. The van der Waals surface area contributed by atoms with E-state index in [1.807, 2.05) is 0 Å². The standard InChI is InChI=1S/C13H16N4O3S/c14-13-12-9(15-21(19)16-13)3-1-4-10(12)20-8-7-17-6-2-5-11(17)18/h1,3-4,15H,2,5-8H2,(H2,14,16). The van der Waals surface area contributed by atoms with E-state index in [1.165, 1.54) is 0 Å². The number of carbonyl (C=O) groups is 1. The molecule has 21 heavy (non-hydrogen) atoms. The van der Waals surface area contributed by atoms with Gasteiger partial charge in [-0.05, 0) is 18.6 Å². The van der Waals surface area contributed by atoms with Gasteiger partial charge in [-0.3, -0.25) is 9.52 Å². The highest BCUT2D eigenvalue weighted by molar-refractivity contribution is 7.85. The largest absolute Gasteiger partial charge is 0.491 e. The van der Waals surface area contributed by atoms with Crippen molar-refractivity contribution in [2.45, 2.75) is 12.8 Å². The van der Waals surface area contributed by atoms with Gasteiger partial charge in [0.15, 0.2) is 0 Å².